The number of ether oxygens (including phenoxy) is 1. The average molecular weight is 213 g/mol. The third-order valence-electron chi connectivity index (χ3n) is 3.29. The van der Waals surface area contributed by atoms with Crippen LogP contribution in [-0.4, -0.2) is 48.0 Å². The summed E-state index contributed by atoms with van der Waals surface area (Å²) in [4.78, 5) is 2.31. The van der Waals surface area contributed by atoms with Gasteiger partial charge in [0.25, 0.3) is 0 Å². The fraction of sp³-hybridized carbons (Fsp3) is 0.833. The monoisotopic (exact) mass is 213 g/mol. The van der Waals surface area contributed by atoms with Crippen LogP contribution in [0.3, 0.4) is 0 Å². The van der Waals surface area contributed by atoms with Crippen LogP contribution in [0.25, 0.3) is 0 Å². The highest BCUT2D eigenvalue weighted by Crippen LogP contribution is 2.23. The van der Waals surface area contributed by atoms with Gasteiger partial charge in [-0.15, -0.1) is 6.58 Å². The molecule has 0 aromatic carbocycles. The highest BCUT2D eigenvalue weighted by molar-refractivity contribution is 4.90. The van der Waals surface area contributed by atoms with Crippen LogP contribution in [0.5, 0.6) is 0 Å². The van der Waals surface area contributed by atoms with Gasteiger partial charge in [0.2, 0.25) is 0 Å². The fourth-order valence-electron chi connectivity index (χ4n) is 1.98. The zero-order valence-electron chi connectivity index (χ0n) is 9.91. The average Bonchev–Trinajstić information content (AvgIpc) is 2.27. The van der Waals surface area contributed by atoms with Crippen LogP contribution in [0, 0.1) is 0 Å². The summed E-state index contributed by atoms with van der Waals surface area (Å²) in [6.07, 6.45) is 3.22. The Morgan fingerprint density at radius 1 is 1.47 bits per heavy atom. The highest BCUT2D eigenvalue weighted by Gasteiger charge is 2.34. The van der Waals surface area contributed by atoms with Crippen LogP contribution >= 0.6 is 0 Å². The molecular formula is C12H23NO2. The van der Waals surface area contributed by atoms with Crippen molar-refractivity contribution in [1.82, 2.24) is 4.90 Å². The minimum absolute atomic E-state index is 0.160. The van der Waals surface area contributed by atoms with Crippen molar-refractivity contribution < 1.29 is 9.84 Å². The van der Waals surface area contributed by atoms with Gasteiger partial charge in [-0.3, -0.25) is 4.90 Å². The van der Waals surface area contributed by atoms with Gasteiger partial charge in [-0.1, -0.05) is 6.08 Å². The van der Waals surface area contributed by atoms with Gasteiger partial charge >= 0.3 is 0 Å². The van der Waals surface area contributed by atoms with E-state index in [4.69, 9.17) is 4.74 Å². The molecule has 3 nitrogen and oxygen atoms in total. The maximum atomic E-state index is 10.1. The van der Waals surface area contributed by atoms with E-state index >= 15 is 0 Å². The van der Waals surface area contributed by atoms with Crippen molar-refractivity contribution in [3.05, 3.63) is 12.7 Å². The second kappa shape index (κ2) is 5.64. The number of aliphatic hydroxyl groups is 1. The summed E-state index contributed by atoms with van der Waals surface area (Å²) in [6.45, 7) is 11.3. The molecule has 1 atom stereocenters. The molecule has 1 rings (SSSR count). The third kappa shape index (κ3) is 3.30. The maximum absolute atomic E-state index is 10.1. The molecule has 1 N–H and O–H groups in total. The summed E-state index contributed by atoms with van der Waals surface area (Å²) < 4.78 is 5.32. The van der Waals surface area contributed by atoms with E-state index in [-0.39, 0.29) is 11.6 Å². The van der Waals surface area contributed by atoms with Crippen LogP contribution in [0.15, 0.2) is 12.7 Å². The van der Waals surface area contributed by atoms with E-state index in [9.17, 15) is 5.11 Å². The van der Waals surface area contributed by atoms with Gasteiger partial charge in [-0.05, 0) is 26.7 Å². The summed E-state index contributed by atoms with van der Waals surface area (Å²) in [5, 5.41) is 10.1. The minimum atomic E-state index is -0.298. The van der Waals surface area contributed by atoms with E-state index in [1.54, 1.807) is 0 Å². The first kappa shape index (κ1) is 12.7. The van der Waals surface area contributed by atoms with Crippen LogP contribution in [0.2, 0.25) is 0 Å². The topological polar surface area (TPSA) is 32.7 Å². The predicted octanol–water partition coefficient (Wildman–Crippen LogP) is 1.42. The molecule has 15 heavy (non-hydrogen) atoms. The van der Waals surface area contributed by atoms with Crippen LogP contribution in [0.4, 0.5) is 0 Å². The van der Waals surface area contributed by atoms with Crippen LogP contribution < -0.4 is 0 Å². The standard InChI is InChI=1S/C12H23NO2/c1-4-5-6-11(14)12(2,3)13-7-9-15-10-8-13/h4,11,14H,1,5-10H2,2-3H3. The second-order valence-electron chi connectivity index (χ2n) is 4.63. The van der Waals surface area contributed by atoms with Gasteiger partial charge in [0.05, 0.1) is 19.3 Å². The van der Waals surface area contributed by atoms with Gasteiger partial charge in [-0.25, -0.2) is 0 Å². The number of allylic oxidation sites excluding steroid dienone is 1. The van der Waals surface area contributed by atoms with Crippen LogP contribution in [0.1, 0.15) is 26.7 Å². The Kier molecular flexibility index (Phi) is 4.77. The molecule has 1 unspecified atom stereocenters. The fourth-order valence-corrected chi connectivity index (χ4v) is 1.98. The maximum Gasteiger partial charge on any atom is 0.0721 e. The summed E-state index contributed by atoms with van der Waals surface area (Å²) in [6, 6.07) is 0. The van der Waals surface area contributed by atoms with Crippen molar-refractivity contribution >= 4 is 0 Å². The predicted molar refractivity (Wildman–Crippen MR) is 61.9 cm³/mol. The molecule has 0 bridgehead atoms. The Labute approximate surface area is 92.7 Å². The van der Waals surface area contributed by atoms with E-state index in [0.29, 0.717) is 0 Å². The summed E-state index contributed by atoms with van der Waals surface area (Å²) in [7, 11) is 0. The zero-order valence-corrected chi connectivity index (χ0v) is 9.91. The summed E-state index contributed by atoms with van der Waals surface area (Å²) >= 11 is 0. The number of rotatable bonds is 5. The van der Waals surface area contributed by atoms with Gasteiger partial charge in [-0.2, -0.15) is 0 Å². The van der Waals surface area contributed by atoms with Crippen LogP contribution in [-0.2, 0) is 4.74 Å². The van der Waals surface area contributed by atoms with Crippen molar-refractivity contribution in [3.63, 3.8) is 0 Å². The number of nitrogens with zero attached hydrogens (tertiary/aromatic N) is 1. The first-order valence-corrected chi connectivity index (χ1v) is 5.71. The van der Waals surface area contributed by atoms with Gasteiger partial charge in [0, 0.05) is 18.6 Å². The molecule has 0 aromatic heterocycles. The van der Waals surface area contributed by atoms with Crippen molar-refractivity contribution in [3.8, 4) is 0 Å². The van der Waals surface area contributed by atoms with E-state index in [1.807, 2.05) is 6.08 Å². The molecule has 3 heteroatoms. The Hall–Kier alpha value is -0.380. The summed E-state index contributed by atoms with van der Waals surface area (Å²) in [5.74, 6) is 0. The lowest BCUT2D eigenvalue weighted by Crippen LogP contribution is -2.56. The van der Waals surface area contributed by atoms with Crippen molar-refractivity contribution in [1.29, 1.82) is 0 Å². The normalized spacial score (nSPS) is 21.3. The zero-order chi connectivity index (χ0) is 11.3. The molecule has 0 saturated carbocycles. The van der Waals surface area contributed by atoms with Gasteiger partial charge < -0.3 is 9.84 Å². The lowest BCUT2D eigenvalue weighted by molar-refractivity contribution is -0.0634. The largest absolute Gasteiger partial charge is 0.391 e. The minimum Gasteiger partial charge on any atom is -0.391 e. The smallest absolute Gasteiger partial charge is 0.0721 e. The lowest BCUT2D eigenvalue weighted by atomic mass is 9.91. The molecule has 0 radical (unpaired) electrons. The quantitative estimate of drug-likeness (QED) is 0.701. The molecule has 1 aliphatic heterocycles. The summed E-state index contributed by atoms with van der Waals surface area (Å²) in [5.41, 5.74) is -0.160. The van der Waals surface area contributed by atoms with Gasteiger partial charge in [0.15, 0.2) is 0 Å². The SMILES string of the molecule is C=CCCC(O)C(C)(C)N1CCOCC1. The molecule has 0 amide bonds. The highest BCUT2D eigenvalue weighted by atomic mass is 16.5. The first-order valence-electron chi connectivity index (χ1n) is 5.71. The molecular weight excluding hydrogens is 190 g/mol. The Morgan fingerprint density at radius 3 is 2.60 bits per heavy atom. The molecule has 1 fully saturated rings. The first-order chi connectivity index (χ1) is 7.09. The third-order valence-corrected chi connectivity index (χ3v) is 3.29. The lowest BCUT2D eigenvalue weighted by Gasteiger charge is -2.43. The van der Waals surface area contributed by atoms with E-state index in [1.165, 1.54) is 0 Å². The van der Waals surface area contributed by atoms with Crippen molar-refractivity contribution in [2.24, 2.45) is 0 Å². The number of hydrogen-bond acceptors (Lipinski definition) is 3. The van der Waals surface area contributed by atoms with E-state index < -0.39 is 0 Å². The van der Waals surface area contributed by atoms with Crippen molar-refractivity contribution in [2.75, 3.05) is 26.3 Å². The van der Waals surface area contributed by atoms with E-state index in [0.717, 1.165) is 39.1 Å². The Morgan fingerprint density at radius 2 is 2.07 bits per heavy atom. The molecule has 1 aliphatic rings. The second-order valence-corrected chi connectivity index (χ2v) is 4.63. The molecule has 88 valence electrons. The molecule has 0 spiro atoms. The molecule has 0 aliphatic carbocycles. The Bertz CT molecular complexity index is 198. The molecule has 0 aromatic rings. The molecule has 1 saturated heterocycles. The van der Waals surface area contributed by atoms with Gasteiger partial charge in [0.1, 0.15) is 0 Å². The number of morpholine rings is 1. The molecule has 1 heterocycles. The van der Waals surface area contributed by atoms with Crippen molar-refractivity contribution in [2.45, 2.75) is 38.3 Å². The Balaban J connectivity index is 2.50. The number of hydrogen-bond donors (Lipinski definition) is 1. The van der Waals surface area contributed by atoms with E-state index in [2.05, 4.69) is 25.3 Å². The number of aliphatic hydroxyl groups excluding tert-OH is 1.